The zero-order chi connectivity index (χ0) is 14.5. The SMILES string of the molecule is CCC(C)(OSCC(C)c1ccccc1)S(C)(C)C. The van der Waals surface area contributed by atoms with Crippen LogP contribution in [0, 0.1) is 0 Å². The monoisotopic (exact) mass is 300 g/mol. The Balaban J connectivity index is 2.50. The summed E-state index contributed by atoms with van der Waals surface area (Å²) >= 11 is 1.64. The summed E-state index contributed by atoms with van der Waals surface area (Å²) < 4.78 is 6.19. The Kier molecular flexibility index (Phi) is 6.28. The zero-order valence-electron chi connectivity index (χ0n) is 13.1. The van der Waals surface area contributed by atoms with E-state index in [9.17, 15) is 0 Å². The average molecular weight is 301 g/mol. The molecule has 0 bridgehead atoms. The first-order valence-electron chi connectivity index (χ1n) is 6.83. The van der Waals surface area contributed by atoms with Crippen LogP contribution in [-0.2, 0) is 4.18 Å². The summed E-state index contributed by atoms with van der Waals surface area (Å²) in [6.45, 7) is 6.74. The first kappa shape index (κ1) is 16.9. The van der Waals surface area contributed by atoms with E-state index in [1.807, 2.05) is 0 Å². The summed E-state index contributed by atoms with van der Waals surface area (Å²) in [5, 5.41) is 0. The van der Waals surface area contributed by atoms with Crippen LogP contribution in [-0.4, -0.2) is 29.5 Å². The van der Waals surface area contributed by atoms with Crippen molar-refractivity contribution in [2.24, 2.45) is 0 Å². The minimum atomic E-state index is -0.720. The minimum Gasteiger partial charge on any atom is -0.300 e. The molecule has 0 aromatic heterocycles. The molecule has 0 N–H and O–H groups in total. The Morgan fingerprint density at radius 1 is 1.21 bits per heavy atom. The molecule has 0 radical (unpaired) electrons. The largest absolute Gasteiger partial charge is 0.300 e. The quantitative estimate of drug-likeness (QED) is 0.634. The van der Waals surface area contributed by atoms with Crippen LogP contribution >= 0.6 is 22.1 Å². The summed E-state index contributed by atoms with van der Waals surface area (Å²) in [7, 11) is -0.720. The molecule has 1 rings (SSSR count). The average Bonchev–Trinajstić information content (AvgIpc) is 2.38. The highest BCUT2D eigenvalue weighted by atomic mass is 32.3. The van der Waals surface area contributed by atoms with E-state index in [1.165, 1.54) is 5.56 Å². The lowest BCUT2D eigenvalue weighted by Gasteiger charge is -2.44. The van der Waals surface area contributed by atoms with Gasteiger partial charge in [0.25, 0.3) is 0 Å². The second-order valence-corrected chi connectivity index (χ2v) is 11.3. The van der Waals surface area contributed by atoms with Crippen LogP contribution in [0.5, 0.6) is 0 Å². The number of benzene rings is 1. The Labute approximate surface area is 125 Å². The van der Waals surface area contributed by atoms with E-state index in [0.717, 1.165) is 12.2 Å². The maximum Gasteiger partial charge on any atom is 0.109 e. The van der Waals surface area contributed by atoms with Gasteiger partial charge in [0.15, 0.2) is 0 Å². The minimum absolute atomic E-state index is 0.00801. The fourth-order valence-corrected chi connectivity index (χ4v) is 4.39. The molecule has 2 unspecified atom stereocenters. The standard InChI is InChI=1S/C16H28OS2/c1-7-16(3,19(4,5)6)17-18-13-14(2)15-11-9-8-10-12-15/h8-12,14H,7,13H2,1-6H3. The van der Waals surface area contributed by atoms with Gasteiger partial charge in [-0.15, -0.1) is 0 Å². The van der Waals surface area contributed by atoms with Crippen LogP contribution in [0.15, 0.2) is 30.3 Å². The van der Waals surface area contributed by atoms with Crippen molar-refractivity contribution in [2.75, 3.05) is 24.5 Å². The molecule has 0 aliphatic heterocycles. The molecular formula is C16H28OS2. The third kappa shape index (κ3) is 4.73. The van der Waals surface area contributed by atoms with Crippen LogP contribution in [0.1, 0.15) is 38.7 Å². The highest BCUT2D eigenvalue weighted by Gasteiger charge is 2.33. The summed E-state index contributed by atoms with van der Waals surface area (Å²) in [4.78, 5) is 0.00801. The molecule has 1 aromatic carbocycles. The van der Waals surface area contributed by atoms with Gasteiger partial charge in [-0.25, -0.2) is 10.0 Å². The second-order valence-electron chi connectivity index (χ2n) is 6.00. The lowest BCUT2D eigenvalue weighted by Crippen LogP contribution is -2.31. The van der Waals surface area contributed by atoms with Crippen LogP contribution in [0.25, 0.3) is 0 Å². The van der Waals surface area contributed by atoms with Gasteiger partial charge in [-0.05, 0) is 55.6 Å². The van der Waals surface area contributed by atoms with Crippen molar-refractivity contribution < 1.29 is 4.18 Å². The van der Waals surface area contributed by atoms with Crippen molar-refractivity contribution in [1.29, 1.82) is 0 Å². The lowest BCUT2D eigenvalue weighted by atomic mass is 10.0. The van der Waals surface area contributed by atoms with Crippen LogP contribution in [0.2, 0.25) is 0 Å². The van der Waals surface area contributed by atoms with E-state index in [4.69, 9.17) is 4.18 Å². The molecule has 1 aromatic rings. The van der Waals surface area contributed by atoms with Crippen molar-refractivity contribution in [1.82, 2.24) is 0 Å². The molecule has 19 heavy (non-hydrogen) atoms. The Morgan fingerprint density at radius 2 is 1.79 bits per heavy atom. The third-order valence-electron chi connectivity index (χ3n) is 3.86. The van der Waals surface area contributed by atoms with E-state index in [-0.39, 0.29) is 4.93 Å². The van der Waals surface area contributed by atoms with Crippen molar-refractivity contribution in [3.63, 3.8) is 0 Å². The highest BCUT2D eigenvalue weighted by molar-refractivity contribution is 8.33. The number of rotatable bonds is 7. The van der Waals surface area contributed by atoms with Crippen molar-refractivity contribution in [3.8, 4) is 0 Å². The van der Waals surface area contributed by atoms with Crippen molar-refractivity contribution in [2.45, 2.75) is 38.0 Å². The van der Waals surface area contributed by atoms with Crippen LogP contribution in [0.4, 0.5) is 0 Å². The van der Waals surface area contributed by atoms with E-state index < -0.39 is 10.0 Å². The third-order valence-corrected chi connectivity index (χ3v) is 8.05. The van der Waals surface area contributed by atoms with Crippen LogP contribution < -0.4 is 0 Å². The lowest BCUT2D eigenvalue weighted by molar-refractivity contribution is 0.215. The summed E-state index contributed by atoms with van der Waals surface area (Å²) in [5.74, 6) is 1.54. The predicted molar refractivity (Wildman–Crippen MR) is 92.5 cm³/mol. The maximum absolute atomic E-state index is 6.19. The van der Waals surface area contributed by atoms with E-state index in [1.54, 1.807) is 12.0 Å². The molecule has 0 amide bonds. The van der Waals surface area contributed by atoms with Gasteiger partial charge >= 0.3 is 0 Å². The molecule has 110 valence electrons. The van der Waals surface area contributed by atoms with Crippen LogP contribution in [0.3, 0.4) is 0 Å². The molecule has 2 atom stereocenters. The molecule has 0 spiro atoms. The summed E-state index contributed by atoms with van der Waals surface area (Å²) in [6, 6.07) is 10.7. The summed E-state index contributed by atoms with van der Waals surface area (Å²) in [6.07, 6.45) is 8.06. The zero-order valence-corrected chi connectivity index (χ0v) is 14.7. The Hall–Kier alpha value is -0.120. The molecular weight excluding hydrogens is 272 g/mol. The number of hydrogen-bond donors (Lipinski definition) is 0. The van der Waals surface area contributed by atoms with Gasteiger partial charge in [-0.2, -0.15) is 0 Å². The molecule has 0 aliphatic rings. The van der Waals surface area contributed by atoms with Gasteiger partial charge in [0.2, 0.25) is 0 Å². The fraction of sp³-hybridized carbons (Fsp3) is 0.625. The van der Waals surface area contributed by atoms with Gasteiger partial charge in [-0.3, -0.25) is 4.18 Å². The molecule has 0 aliphatic carbocycles. The van der Waals surface area contributed by atoms with Crippen molar-refractivity contribution in [3.05, 3.63) is 35.9 Å². The smallest absolute Gasteiger partial charge is 0.109 e. The van der Waals surface area contributed by atoms with Crippen molar-refractivity contribution >= 4 is 22.1 Å². The van der Waals surface area contributed by atoms with Gasteiger partial charge in [0.05, 0.1) is 0 Å². The second kappa shape index (κ2) is 7.05. The first-order chi connectivity index (χ1) is 8.80. The van der Waals surface area contributed by atoms with Gasteiger partial charge < -0.3 is 0 Å². The van der Waals surface area contributed by atoms with Gasteiger partial charge in [-0.1, -0.05) is 44.2 Å². The molecule has 0 saturated carbocycles. The fourth-order valence-electron chi connectivity index (χ4n) is 1.73. The summed E-state index contributed by atoms with van der Waals surface area (Å²) in [5.41, 5.74) is 1.39. The predicted octanol–water partition coefficient (Wildman–Crippen LogP) is 5.28. The highest BCUT2D eigenvalue weighted by Crippen LogP contribution is 2.54. The topological polar surface area (TPSA) is 9.23 Å². The Morgan fingerprint density at radius 3 is 2.26 bits per heavy atom. The van der Waals surface area contributed by atoms with E-state index in [2.05, 4.69) is 69.9 Å². The molecule has 0 fully saturated rings. The van der Waals surface area contributed by atoms with E-state index >= 15 is 0 Å². The van der Waals surface area contributed by atoms with E-state index in [0.29, 0.717) is 5.92 Å². The Bertz CT molecular complexity index is 372. The molecule has 0 heterocycles. The van der Waals surface area contributed by atoms with Gasteiger partial charge in [0, 0.05) is 5.75 Å². The normalized spacial score (nSPS) is 17.8. The molecule has 1 nitrogen and oxygen atoms in total. The van der Waals surface area contributed by atoms with Gasteiger partial charge in [0.1, 0.15) is 4.93 Å². The number of hydrogen-bond acceptors (Lipinski definition) is 2. The molecule has 0 saturated heterocycles. The first-order valence-corrected chi connectivity index (χ1v) is 10.6. The maximum atomic E-state index is 6.19. The molecule has 3 heteroatoms.